The highest BCUT2D eigenvalue weighted by atomic mass is 16.5. The monoisotopic (exact) mass is 488 g/mol. The van der Waals surface area contributed by atoms with Crippen molar-refractivity contribution >= 4 is 28.5 Å². The maximum atomic E-state index is 8.73. The summed E-state index contributed by atoms with van der Waals surface area (Å²) in [5.74, 6) is 0.805. The highest BCUT2D eigenvalue weighted by Crippen LogP contribution is 2.30. The van der Waals surface area contributed by atoms with Crippen LogP contribution in [0.5, 0.6) is 0 Å². The van der Waals surface area contributed by atoms with Gasteiger partial charge in [0.2, 0.25) is 0 Å². The molecule has 0 bridgehead atoms. The Kier molecular flexibility index (Phi) is 8.00. The quantitative estimate of drug-likeness (QED) is 0.423. The van der Waals surface area contributed by atoms with Gasteiger partial charge in [0.1, 0.15) is 5.82 Å². The summed E-state index contributed by atoms with van der Waals surface area (Å²) in [5.41, 5.74) is 5.52. The Labute approximate surface area is 213 Å². The summed E-state index contributed by atoms with van der Waals surface area (Å²) in [7, 11) is 0. The fourth-order valence-electron chi connectivity index (χ4n) is 5.03. The van der Waals surface area contributed by atoms with Crippen LogP contribution < -0.4 is 15.5 Å². The van der Waals surface area contributed by atoms with E-state index in [4.69, 9.17) is 15.6 Å². The maximum Gasteiger partial charge on any atom is 0.128 e. The molecule has 0 saturated carbocycles. The SMILES string of the molecule is N=C1CC=C(c2cncc(CN3CCOCC3)c2)CC1C(=N)CNc1ccc(N2CCNCC2)nc1. The lowest BCUT2D eigenvalue weighted by atomic mass is 9.81. The molecule has 2 aliphatic heterocycles. The second-order valence-corrected chi connectivity index (χ2v) is 9.71. The van der Waals surface area contributed by atoms with Crippen molar-refractivity contribution in [2.75, 3.05) is 69.2 Å². The molecule has 2 fully saturated rings. The molecule has 9 heteroatoms. The number of allylic oxidation sites excluding steroid dienone is 2. The molecule has 5 rings (SSSR count). The molecule has 2 saturated heterocycles. The minimum atomic E-state index is -0.187. The third kappa shape index (κ3) is 6.16. The number of morpholine rings is 1. The molecule has 190 valence electrons. The van der Waals surface area contributed by atoms with Gasteiger partial charge < -0.3 is 31.1 Å². The van der Waals surface area contributed by atoms with Crippen molar-refractivity contribution in [3.63, 3.8) is 0 Å². The average Bonchev–Trinajstić information content (AvgIpc) is 2.93. The smallest absolute Gasteiger partial charge is 0.128 e. The fraction of sp³-hybridized carbons (Fsp3) is 0.481. The molecular formula is C27H36N8O. The zero-order valence-electron chi connectivity index (χ0n) is 20.8. The van der Waals surface area contributed by atoms with Gasteiger partial charge in [-0.15, -0.1) is 0 Å². The number of hydrogen-bond donors (Lipinski definition) is 4. The Morgan fingerprint density at radius 2 is 1.94 bits per heavy atom. The van der Waals surface area contributed by atoms with Crippen molar-refractivity contribution in [2.45, 2.75) is 19.4 Å². The van der Waals surface area contributed by atoms with Crippen LogP contribution in [0.2, 0.25) is 0 Å². The van der Waals surface area contributed by atoms with Crippen LogP contribution in [0.15, 0.2) is 42.9 Å². The first-order valence-electron chi connectivity index (χ1n) is 12.9. The molecule has 1 aliphatic carbocycles. The summed E-state index contributed by atoms with van der Waals surface area (Å²) < 4.78 is 5.46. The van der Waals surface area contributed by atoms with E-state index in [0.29, 0.717) is 30.8 Å². The lowest BCUT2D eigenvalue weighted by Gasteiger charge is -2.28. The van der Waals surface area contributed by atoms with Gasteiger partial charge in [0.05, 0.1) is 31.6 Å². The van der Waals surface area contributed by atoms with Crippen LogP contribution in [-0.2, 0) is 11.3 Å². The fourth-order valence-corrected chi connectivity index (χ4v) is 5.03. The Bertz CT molecular complexity index is 1090. The minimum Gasteiger partial charge on any atom is -0.379 e. The summed E-state index contributed by atoms with van der Waals surface area (Å²) in [6.45, 7) is 8.65. The zero-order chi connectivity index (χ0) is 24.7. The summed E-state index contributed by atoms with van der Waals surface area (Å²) in [4.78, 5) is 13.8. The first kappa shape index (κ1) is 24.5. The van der Waals surface area contributed by atoms with Crippen molar-refractivity contribution in [3.05, 3.63) is 54.0 Å². The molecule has 36 heavy (non-hydrogen) atoms. The van der Waals surface area contributed by atoms with E-state index in [9.17, 15) is 0 Å². The van der Waals surface area contributed by atoms with Crippen molar-refractivity contribution in [2.24, 2.45) is 5.92 Å². The summed E-state index contributed by atoms with van der Waals surface area (Å²) in [6.07, 6.45) is 9.07. The molecule has 2 aromatic rings. The summed E-state index contributed by atoms with van der Waals surface area (Å²) in [6, 6.07) is 6.28. The van der Waals surface area contributed by atoms with Gasteiger partial charge in [0, 0.05) is 82.0 Å². The van der Waals surface area contributed by atoms with Gasteiger partial charge in [-0.05, 0) is 41.3 Å². The Balaban J connectivity index is 1.17. The van der Waals surface area contributed by atoms with Gasteiger partial charge >= 0.3 is 0 Å². The van der Waals surface area contributed by atoms with Crippen molar-refractivity contribution < 1.29 is 4.74 Å². The van der Waals surface area contributed by atoms with Gasteiger partial charge in [-0.2, -0.15) is 0 Å². The molecule has 2 aromatic heterocycles. The van der Waals surface area contributed by atoms with Gasteiger partial charge in [0.25, 0.3) is 0 Å². The lowest BCUT2D eigenvalue weighted by Crippen LogP contribution is -2.43. The minimum absolute atomic E-state index is 0.187. The number of pyridine rings is 2. The first-order valence-corrected chi connectivity index (χ1v) is 12.9. The van der Waals surface area contributed by atoms with E-state index < -0.39 is 0 Å². The van der Waals surface area contributed by atoms with E-state index >= 15 is 0 Å². The van der Waals surface area contributed by atoms with E-state index in [1.807, 2.05) is 30.7 Å². The topological polar surface area (TPSA) is 113 Å². The second-order valence-electron chi connectivity index (χ2n) is 9.71. The molecule has 0 radical (unpaired) electrons. The molecule has 4 N–H and O–H groups in total. The predicted octanol–water partition coefficient (Wildman–Crippen LogP) is 2.66. The van der Waals surface area contributed by atoms with Gasteiger partial charge in [0.15, 0.2) is 0 Å². The number of aromatic nitrogens is 2. The molecule has 0 spiro atoms. The number of hydrogen-bond acceptors (Lipinski definition) is 9. The molecule has 3 aliphatic rings. The standard InChI is InChI=1S/C27H36N8O/c28-25-3-1-21(22-13-20(15-31-16-22)19-34-9-11-36-12-10-34)14-24(25)26(29)18-32-23-2-4-27(33-17-23)35-7-5-30-6-8-35/h1-2,4,13,15-17,24,28-30,32H,3,5-12,14,18-19H2. The van der Waals surface area contributed by atoms with Gasteiger partial charge in [-0.3, -0.25) is 9.88 Å². The van der Waals surface area contributed by atoms with Crippen LogP contribution >= 0.6 is 0 Å². The average molecular weight is 489 g/mol. The van der Waals surface area contributed by atoms with Crippen LogP contribution in [0, 0.1) is 16.7 Å². The highest BCUT2D eigenvalue weighted by molar-refractivity contribution is 6.09. The van der Waals surface area contributed by atoms with Crippen LogP contribution in [0.25, 0.3) is 5.57 Å². The lowest BCUT2D eigenvalue weighted by molar-refractivity contribution is 0.0341. The van der Waals surface area contributed by atoms with Crippen LogP contribution in [-0.4, -0.2) is 85.3 Å². The van der Waals surface area contributed by atoms with Crippen molar-refractivity contribution in [3.8, 4) is 0 Å². The Morgan fingerprint density at radius 3 is 2.72 bits per heavy atom. The van der Waals surface area contributed by atoms with E-state index in [-0.39, 0.29) is 5.92 Å². The zero-order valence-corrected chi connectivity index (χ0v) is 20.8. The van der Waals surface area contributed by atoms with Crippen LogP contribution in [0.3, 0.4) is 0 Å². The number of nitrogens with zero attached hydrogens (tertiary/aromatic N) is 4. The molecular weight excluding hydrogens is 452 g/mol. The Morgan fingerprint density at radius 1 is 1.11 bits per heavy atom. The molecule has 0 amide bonds. The highest BCUT2D eigenvalue weighted by Gasteiger charge is 2.25. The predicted molar refractivity (Wildman–Crippen MR) is 144 cm³/mol. The third-order valence-electron chi connectivity index (χ3n) is 7.18. The number of nitrogens with one attached hydrogen (secondary N) is 4. The maximum absolute atomic E-state index is 8.73. The van der Waals surface area contributed by atoms with Gasteiger partial charge in [-0.1, -0.05) is 6.08 Å². The van der Waals surface area contributed by atoms with Crippen LogP contribution in [0.1, 0.15) is 24.0 Å². The number of ether oxygens (including phenoxy) is 1. The van der Waals surface area contributed by atoms with Crippen LogP contribution in [0.4, 0.5) is 11.5 Å². The van der Waals surface area contributed by atoms with Crippen molar-refractivity contribution in [1.29, 1.82) is 10.8 Å². The number of anilines is 2. The van der Waals surface area contributed by atoms with E-state index in [1.54, 1.807) is 0 Å². The summed E-state index contributed by atoms with van der Waals surface area (Å²) in [5, 5.41) is 23.9. The van der Waals surface area contributed by atoms with Crippen molar-refractivity contribution in [1.82, 2.24) is 20.2 Å². The molecule has 0 aromatic carbocycles. The normalized spacial score (nSPS) is 21.2. The second kappa shape index (κ2) is 11.7. The molecule has 1 atom stereocenters. The number of rotatable bonds is 8. The third-order valence-corrected chi connectivity index (χ3v) is 7.18. The van der Waals surface area contributed by atoms with E-state index in [1.165, 1.54) is 11.1 Å². The largest absolute Gasteiger partial charge is 0.379 e. The molecule has 4 heterocycles. The number of piperazine rings is 1. The molecule has 9 nitrogen and oxygen atoms in total. The first-order chi connectivity index (χ1) is 17.7. The Hall–Kier alpha value is -3.14. The summed E-state index contributed by atoms with van der Waals surface area (Å²) >= 11 is 0. The van der Waals surface area contributed by atoms with E-state index in [0.717, 1.165) is 76.1 Å². The molecule has 1 unspecified atom stereocenters. The van der Waals surface area contributed by atoms with Gasteiger partial charge in [-0.25, -0.2) is 4.98 Å². The van der Waals surface area contributed by atoms with E-state index in [2.05, 4.69) is 42.5 Å².